The predicted molar refractivity (Wildman–Crippen MR) is 116 cm³/mol. The number of benzene rings is 1. The Hall–Kier alpha value is -2.61. The van der Waals surface area contributed by atoms with E-state index in [9.17, 15) is 14.4 Å². The van der Waals surface area contributed by atoms with Crippen LogP contribution < -0.4 is 10.6 Å². The topological polar surface area (TPSA) is 91.0 Å². The predicted octanol–water partition coefficient (Wildman–Crippen LogP) is 2.16. The number of alkyl carbamates (subject to hydrolysis) is 1. The molecule has 1 heterocycles. The highest BCUT2D eigenvalue weighted by atomic mass is 16.5. The number of rotatable bonds is 7. The van der Waals surface area contributed by atoms with Crippen LogP contribution in [0.25, 0.3) is 0 Å². The van der Waals surface area contributed by atoms with Gasteiger partial charge in [-0.1, -0.05) is 26.0 Å². The third-order valence-corrected chi connectivity index (χ3v) is 5.41. The van der Waals surface area contributed by atoms with Crippen LogP contribution in [0.2, 0.25) is 0 Å². The molecular formula is C22H34N4O4. The Balaban J connectivity index is 1.85. The van der Waals surface area contributed by atoms with Crippen molar-refractivity contribution < 1.29 is 19.1 Å². The largest absolute Gasteiger partial charge is 0.450 e. The van der Waals surface area contributed by atoms with Crippen LogP contribution >= 0.6 is 0 Å². The quantitative estimate of drug-likeness (QED) is 0.708. The van der Waals surface area contributed by atoms with Gasteiger partial charge < -0.3 is 20.3 Å². The highest BCUT2D eigenvalue weighted by Gasteiger charge is 2.31. The first kappa shape index (κ1) is 23.7. The molecule has 0 aliphatic carbocycles. The highest BCUT2D eigenvalue weighted by molar-refractivity contribution is 5.93. The average Bonchev–Trinajstić information content (AvgIpc) is 2.69. The molecule has 1 fully saturated rings. The lowest BCUT2D eigenvalue weighted by Gasteiger charge is -2.36. The van der Waals surface area contributed by atoms with Crippen LogP contribution in [0.5, 0.6) is 0 Å². The Morgan fingerprint density at radius 3 is 2.37 bits per heavy atom. The Bertz CT molecular complexity index is 758. The number of piperazine rings is 1. The Kier molecular flexibility index (Phi) is 8.65. The summed E-state index contributed by atoms with van der Waals surface area (Å²) in [4.78, 5) is 40.9. The van der Waals surface area contributed by atoms with Crippen LogP contribution in [-0.4, -0.2) is 73.1 Å². The molecule has 1 aliphatic heterocycles. The van der Waals surface area contributed by atoms with Gasteiger partial charge in [-0.05, 0) is 43.9 Å². The van der Waals surface area contributed by atoms with Gasteiger partial charge in [-0.3, -0.25) is 14.5 Å². The first-order chi connectivity index (χ1) is 14.2. The van der Waals surface area contributed by atoms with E-state index in [1.54, 1.807) is 11.8 Å². The van der Waals surface area contributed by atoms with Crippen molar-refractivity contribution in [3.8, 4) is 0 Å². The third-order valence-electron chi connectivity index (χ3n) is 5.41. The lowest BCUT2D eigenvalue weighted by molar-refractivity contribution is -0.136. The number of hydrogen-bond acceptors (Lipinski definition) is 5. The summed E-state index contributed by atoms with van der Waals surface area (Å²) in [5.74, 6) is -0.228. The second kappa shape index (κ2) is 11.0. The van der Waals surface area contributed by atoms with E-state index in [1.807, 2.05) is 50.8 Å². The van der Waals surface area contributed by atoms with Gasteiger partial charge in [0.1, 0.15) is 6.04 Å². The smallest absolute Gasteiger partial charge is 0.407 e. The van der Waals surface area contributed by atoms with E-state index in [4.69, 9.17) is 4.74 Å². The van der Waals surface area contributed by atoms with Crippen molar-refractivity contribution in [2.75, 3.05) is 44.6 Å². The van der Waals surface area contributed by atoms with Gasteiger partial charge in [-0.25, -0.2) is 4.79 Å². The first-order valence-corrected chi connectivity index (χ1v) is 10.5. The lowest BCUT2D eigenvalue weighted by atomic mass is 10.0. The number of carbonyl (C=O) groups excluding carboxylic acids is 3. The molecule has 1 saturated heterocycles. The van der Waals surface area contributed by atoms with Crippen molar-refractivity contribution in [2.24, 2.45) is 5.92 Å². The molecular weight excluding hydrogens is 384 g/mol. The summed E-state index contributed by atoms with van der Waals surface area (Å²) >= 11 is 0. The number of carbonyl (C=O) groups is 3. The van der Waals surface area contributed by atoms with E-state index >= 15 is 0 Å². The fourth-order valence-electron chi connectivity index (χ4n) is 3.42. The van der Waals surface area contributed by atoms with Crippen LogP contribution in [-0.2, 0) is 14.3 Å². The number of amides is 3. The van der Waals surface area contributed by atoms with E-state index in [1.165, 1.54) is 0 Å². The summed E-state index contributed by atoms with van der Waals surface area (Å²) in [7, 11) is 0. The number of nitrogens with zero attached hydrogens (tertiary/aromatic N) is 2. The van der Waals surface area contributed by atoms with E-state index in [2.05, 4.69) is 10.6 Å². The van der Waals surface area contributed by atoms with Crippen LogP contribution in [0, 0.1) is 19.8 Å². The third kappa shape index (κ3) is 6.45. The van der Waals surface area contributed by atoms with Crippen LogP contribution in [0.3, 0.4) is 0 Å². The summed E-state index contributed by atoms with van der Waals surface area (Å²) < 4.78 is 4.91. The van der Waals surface area contributed by atoms with E-state index < -0.39 is 12.1 Å². The van der Waals surface area contributed by atoms with Crippen LogP contribution in [0.1, 0.15) is 31.9 Å². The molecule has 8 heteroatoms. The minimum atomic E-state index is -0.622. The van der Waals surface area contributed by atoms with Gasteiger partial charge >= 0.3 is 6.09 Å². The molecule has 0 bridgehead atoms. The van der Waals surface area contributed by atoms with Crippen molar-refractivity contribution >= 4 is 23.6 Å². The van der Waals surface area contributed by atoms with Crippen molar-refractivity contribution in [1.82, 2.24) is 15.1 Å². The molecule has 2 rings (SSSR count). The molecule has 0 aromatic heterocycles. The molecule has 3 amide bonds. The fourth-order valence-corrected chi connectivity index (χ4v) is 3.42. The van der Waals surface area contributed by atoms with Gasteiger partial charge in [0.15, 0.2) is 0 Å². The Labute approximate surface area is 178 Å². The van der Waals surface area contributed by atoms with Gasteiger partial charge in [0.25, 0.3) is 0 Å². The van der Waals surface area contributed by atoms with Crippen molar-refractivity contribution in [1.29, 1.82) is 0 Å². The summed E-state index contributed by atoms with van der Waals surface area (Å²) in [6.07, 6.45) is -0.578. The molecule has 1 aliphatic rings. The van der Waals surface area contributed by atoms with Crippen LogP contribution in [0.15, 0.2) is 18.2 Å². The second-order valence-corrected chi connectivity index (χ2v) is 7.98. The Morgan fingerprint density at radius 1 is 1.10 bits per heavy atom. The number of aryl methyl sites for hydroxylation is 1. The lowest BCUT2D eigenvalue weighted by Crippen LogP contribution is -2.57. The molecule has 166 valence electrons. The summed E-state index contributed by atoms with van der Waals surface area (Å²) in [6.45, 7) is 12.3. The van der Waals surface area contributed by atoms with Crippen molar-refractivity contribution in [3.05, 3.63) is 29.3 Å². The molecule has 1 atom stereocenters. The van der Waals surface area contributed by atoms with E-state index in [0.29, 0.717) is 26.2 Å². The summed E-state index contributed by atoms with van der Waals surface area (Å²) in [5.41, 5.74) is 3.03. The maximum absolute atomic E-state index is 12.9. The highest BCUT2D eigenvalue weighted by Crippen LogP contribution is 2.18. The maximum Gasteiger partial charge on any atom is 0.407 e. The number of hydrogen-bond donors (Lipinski definition) is 2. The normalized spacial score (nSPS) is 15.6. The molecule has 30 heavy (non-hydrogen) atoms. The standard InChI is InChI=1S/C22H34N4O4/c1-6-30-22(29)24-20(15(2)3)21(28)26-12-10-25(11-13-26)14-19(27)23-18-9-7-8-16(4)17(18)5/h7-9,15,20H,6,10-14H2,1-5H3,(H,23,27)(H,24,29). The van der Waals surface area contributed by atoms with E-state index in [0.717, 1.165) is 16.8 Å². The monoisotopic (exact) mass is 418 g/mol. The number of ether oxygens (including phenoxy) is 1. The number of anilines is 1. The molecule has 0 saturated carbocycles. The molecule has 2 N–H and O–H groups in total. The molecule has 0 spiro atoms. The molecule has 8 nitrogen and oxygen atoms in total. The minimum absolute atomic E-state index is 0.0525. The summed E-state index contributed by atoms with van der Waals surface area (Å²) in [5, 5.41) is 5.64. The van der Waals surface area contributed by atoms with Crippen molar-refractivity contribution in [2.45, 2.75) is 40.7 Å². The van der Waals surface area contributed by atoms with Gasteiger partial charge in [-0.15, -0.1) is 0 Å². The van der Waals surface area contributed by atoms with E-state index in [-0.39, 0.29) is 30.9 Å². The minimum Gasteiger partial charge on any atom is -0.450 e. The van der Waals surface area contributed by atoms with Gasteiger partial charge in [0.2, 0.25) is 11.8 Å². The van der Waals surface area contributed by atoms with Crippen LogP contribution in [0.4, 0.5) is 10.5 Å². The molecule has 1 unspecified atom stereocenters. The molecule has 1 aromatic carbocycles. The van der Waals surface area contributed by atoms with Gasteiger partial charge in [-0.2, -0.15) is 0 Å². The first-order valence-electron chi connectivity index (χ1n) is 10.5. The zero-order valence-electron chi connectivity index (χ0n) is 18.7. The Morgan fingerprint density at radius 2 is 1.77 bits per heavy atom. The maximum atomic E-state index is 12.9. The molecule has 1 aromatic rings. The zero-order chi connectivity index (χ0) is 22.3. The zero-order valence-corrected chi connectivity index (χ0v) is 18.7. The van der Waals surface area contributed by atoms with Gasteiger partial charge in [0, 0.05) is 31.9 Å². The molecule has 0 radical (unpaired) electrons. The van der Waals surface area contributed by atoms with Crippen molar-refractivity contribution in [3.63, 3.8) is 0 Å². The van der Waals surface area contributed by atoms with Gasteiger partial charge in [0.05, 0.1) is 13.2 Å². The fraction of sp³-hybridized carbons (Fsp3) is 0.591. The SMILES string of the molecule is CCOC(=O)NC(C(=O)N1CCN(CC(=O)Nc2cccc(C)c2C)CC1)C(C)C. The second-order valence-electron chi connectivity index (χ2n) is 7.98. The average molecular weight is 419 g/mol. The number of nitrogens with one attached hydrogen (secondary N) is 2. The summed E-state index contributed by atoms with van der Waals surface area (Å²) in [6, 6.07) is 5.22.